The number of amides is 2. The topological polar surface area (TPSA) is 86.7 Å². The van der Waals surface area contributed by atoms with Crippen molar-refractivity contribution in [1.29, 1.82) is 0 Å². The Morgan fingerprint density at radius 1 is 1.38 bits per heavy atom. The fourth-order valence-corrected chi connectivity index (χ4v) is 3.17. The minimum absolute atomic E-state index is 0.00789. The van der Waals surface area contributed by atoms with Gasteiger partial charge in [-0.05, 0) is 26.7 Å². The standard InChI is InChI=1S/C14H24N2O4S/c1-4-5-11(17)16-9-21-8-10(16)12(18)15-7-6-14(2,3)13(19)20/h10H,4-9H2,1-3H3,(H,15,18)(H,19,20). The Bertz CT molecular complexity index is 412. The van der Waals surface area contributed by atoms with Crippen LogP contribution in [0.3, 0.4) is 0 Å². The number of nitrogens with zero attached hydrogens (tertiary/aromatic N) is 1. The molecule has 21 heavy (non-hydrogen) atoms. The van der Waals surface area contributed by atoms with Crippen LogP contribution in [0.15, 0.2) is 0 Å². The van der Waals surface area contributed by atoms with Crippen molar-refractivity contribution in [2.24, 2.45) is 5.41 Å². The van der Waals surface area contributed by atoms with Gasteiger partial charge in [-0.15, -0.1) is 11.8 Å². The van der Waals surface area contributed by atoms with Crippen LogP contribution in [-0.2, 0) is 14.4 Å². The first-order valence-electron chi connectivity index (χ1n) is 7.18. The van der Waals surface area contributed by atoms with Crippen molar-refractivity contribution in [3.05, 3.63) is 0 Å². The molecule has 0 aromatic carbocycles. The average molecular weight is 316 g/mol. The van der Waals surface area contributed by atoms with Gasteiger partial charge in [0.25, 0.3) is 0 Å². The lowest BCUT2D eigenvalue weighted by Gasteiger charge is -2.24. The summed E-state index contributed by atoms with van der Waals surface area (Å²) in [6, 6.07) is -0.429. The Kier molecular flexibility index (Phi) is 6.51. The Hall–Kier alpha value is -1.24. The first kappa shape index (κ1) is 17.8. The van der Waals surface area contributed by atoms with Crippen LogP contribution in [0.1, 0.15) is 40.0 Å². The number of carbonyl (C=O) groups excluding carboxylic acids is 2. The van der Waals surface area contributed by atoms with Crippen molar-refractivity contribution < 1.29 is 19.5 Å². The third-order valence-corrected chi connectivity index (χ3v) is 4.61. The maximum atomic E-state index is 12.2. The van der Waals surface area contributed by atoms with Crippen LogP contribution in [0.25, 0.3) is 0 Å². The Morgan fingerprint density at radius 2 is 2.05 bits per heavy atom. The summed E-state index contributed by atoms with van der Waals surface area (Å²) in [5, 5.41) is 11.8. The van der Waals surface area contributed by atoms with Crippen LogP contribution in [0, 0.1) is 5.41 Å². The molecule has 0 aliphatic carbocycles. The first-order chi connectivity index (χ1) is 9.79. The second kappa shape index (κ2) is 7.68. The van der Waals surface area contributed by atoms with Gasteiger partial charge in [-0.3, -0.25) is 14.4 Å². The molecule has 2 N–H and O–H groups in total. The monoisotopic (exact) mass is 316 g/mol. The Labute approximate surface area is 129 Å². The lowest BCUT2D eigenvalue weighted by atomic mass is 9.90. The van der Waals surface area contributed by atoms with E-state index >= 15 is 0 Å². The molecule has 1 unspecified atom stereocenters. The number of rotatable bonds is 7. The van der Waals surface area contributed by atoms with Crippen LogP contribution < -0.4 is 5.32 Å². The normalized spacial score (nSPS) is 18.6. The van der Waals surface area contributed by atoms with Gasteiger partial charge in [-0.2, -0.15) is 0 Å². The van der Waals surface area contributed by atoms with Crippen LogP contribution in [0.4, 0.5) is 0 Å². The van der Waals surface area contributed by atoms with E-state index in [4.69, 9.17) is 5.11 Å². The highest BCUT2D eigenvalue weighted by molar-refractivity contribution is 7.99. The van der Waals surface area contributed by atoms with Crippen molar-refractivity contribution in [3.8, 4) is 0 Å². The molecule has 1 fully saturated rings. The van der Waals surface area contributed by atoms with Crippen molar-refractivity contribution >= 4 is 29.5 Å². The van der Waals surface area contributed by atoms with E-state index in [0.717, 1.165) is 6.42 Å². The fraction of sp³-hybridized carbons (Fsp3) is 0.786. The number of carbonyl (C=O) groups is 3. The number of carboxylic acid groups (broad SMARTS) is 1. The molecule has 1 heterocycles. The van der Waals surface area contributed by atoms with Gasteiger partial charge >= 0.3 is 5.97 Å². The fourth-order valence-electron chi connectivity index (χ4n) is 1.99. The predicted octanol–water partition coefficient (Wildman–Crippen LogP) is 1.31. The molecule has 2 amide bonds. The molecule has 1 atom stereocenters. The second-order valence-electron chi connectivity index (χ2n) is 5.86. The number of hydrogen-bond acceptors (Lipinski definition) is 4. The van der Waals surface area contributed by atoms with Gasteiger partial charge in [0.05, 0.1) is 11.3 Å². The average Bonchev–Trinajstić information content (AvgIpc) is 2.87. The summed E-state index contributed by atoms with van der Waals surface area (Å²) in [6.07, 6.45) is 1.58. The van der Waals surface area contributed by atoms with E-state index in [0.29, 0.717) is 31.0 Å². The third-order valence-electron chi connectivity index (χ3n) is 3.60. The molecule has 0 aromatic rings. The molecule has 6 nitrogen and oxygen atoms in total. The van der Waals surface area contributed by atoms with E-state index in [1.54, 1.807) is 30.5 Å². The summed E-state index contributed by atoms with van der Waals surface area (Å²) in [4.78, 5) is 36.7. The highest BCUT2D eigenvalue weighted by Gasteiger charge is 2.34. The van der Waals surface area contributed by atoms with E-state index < -0.39 is 17.4 Å². The molecule has 0 saturated carbocycles. The zero-order chi connectivity index (χ0) is 16.0. The number of carboxylic acids is 1. The Balaban J connectivity index is 2.48. The maximum Gasteiger partial charge on any atom is 0.309 e. The van der Waals surface area contributed by atoms with Crippen molar-refractivity contribution in [1.82, 2.24) is 10.2 Å². The highest BCUT2D eigenvalue weighted by Crippen LogP contribution is 2.23. The summed E-state index contributed by atoms with van der Waals surface area (Å²) in [5.74, 6) is 0.0910. The van der Waals surface area contributed by atoms with Gasteiger partial charge in [0, 0.05) is 18.7 Å². The molecule has 1 aliphatic rings. The van der Waals surface area contributed by atoms with Gasteiger partial charge in [-0.1, -0.05) is 6.92 Å². The molecule has 7 heteroatoms. The number of aliphatic carboxylic acids is 1. The third kappa shape index (κ3) is 4.91. The quantitative estimate of drug-likeness (QED) is 0.739. The summed E-state index contributed by atoms with van der Waals surface area (Å²) >= 11 is 1.57. The van der Waals surface area contributed by atoms with Crippen molar-refractivity contribution in [2.45, 2.75) is 46.1 Å². The zero-order valence-electron chi connectivity index (χ0n) is 12.8. The summed E-state index contributed by atoms with van der Waals surface area (Å²) < 4.78 is 0. The van der Waals surface area contributed by atoms with Crippen LogP contribution in [0.2, 0.25) is 0 Å². The minimum atomic E-state index is -0.882. The van der Waals surface area contributed by atoms with Crippen LogP contribution >= 0.6 is 11.8 Å². The molecule has 120 valence electrons. The largest absolute Gasteiger partial charge is 0.481 e. The van der Waals surface area contributed by atoms with Crippen LogP contribution in [-0.4, -0.2) is 52.0 Å². The molecular weight excluding hydrogens is 292 g/mol. The lowest BCUT2D eigenvalue weighted by Crippen LogP contribution is -2.47. The molecule has 1 saturated heterocycles. The smallest absolute Gasteiger partial charge is 0.309 e. The van der Waals surface area contributed by atoms with E-state index in [1.165, 1.54) is 0 Å². The SMILES string of the molecule is CCCC(=O)N1CSCC1C(=O)NCCC(C)(C)C(=O)O. The molecule has 0 radical (unpaired) electrons. The van der Waals surface area contributed by atoms with E-state index in [1.807, 2.05) is 6.92 Å². The zero-order valence-corrected chi connectivity index (χ0v) is 13.7. The molecule has 1 aliphatic heterocycles. The molecular formula is C14H24N2O4S. The van der Waals surface area contributed by atoms with Gasteiger partial charge in [0.1, 0.15) is 6.04 Å². The van der Waals surface area contributed by atoms with E-state index in [9.17, 15) is 14.4 Å². The molecule has 0 bridgehead atoms. The Morgan fingerprint density at radius 3 is 2.62 bits per heavy atom. The van der Waals surface area contributed by atoms with Gasteiger partial charge in [0.2, 0.25) is 11.8 Å². The molecule has 1 rings (SSSR count). The number of hydrogen-bond donors (Lipinski definition) is 2. The van der Waals surface area contributed by atoms with Crippen LogP contribution in [0.5, 0.6) is 0 Å². The second-order valence-corrected chi connectivity index (χ2v) is 6.86. The summed E-state index contributed by atoms with van der Waals surface area (Å²) in [7, 11) is 0. The van der Waals surface area contributed by atoms with Gasteiger partial charge < -0.3 is 15.3 Å². The summed E-state index contributed by atoms with van der Waals surface area (Å²) in [5.41, 5.74) is -0.866. The minimum Gasteiger partial charge on any atom is -0.481 e. The van der Waals surface area contributed by atoms with Gasteiger partial charge in [-0.25, -0.2) is 0 Å². The van der Waals surface area contributed by atoms with Gasteiger partial charge in [0.15, 0.2) is 0 Å². The predicted molar refractivity (Wildman–Crippen MR) is 81.9 cm³/mol. The maximum absolute atomic E-state index is 12.2. The van der Waals surface area contributed by atoms with Crippen molar-refractivity contribution in [2.75, 3.05) is 18.2 Å². The number of thioether (sulfide) groups is 1. The highest BCUT2D eigenvalue weighted by atomic mass is 32.2. The van der Waals surface area contributed by atoms with Crippen molar-refractivity contribution in [3.63, 3.8) is 0 Å². The number of nitrogens with one attached hydrogen (secondary N) is 1. The first-order valence-corrected chi connectivity index (χ1v) is 8.33. The lowest BCUT2D eigenvalue weighted by molar-refractivity contribution is -0.147. The molecule has 0 spiro atoms. The summed E-state index contributed by atoms with van der Waals surface area (Å²) in [6.45, 7) is 5.49. The van der Waals surface area contributed by atoms with E-state index in [2.05, 4.69) is 5.32 Å². The molecule has 0 aromatic heterocycles. The van der Waals surface area contributed by atoms with E-state index in [-0.39, 0.29) is 11.8 Å².